The first-order chi connectivity index (χ1) is 6.71. The van der Waals surface area contributed by atoms with E-state index in [9.17, 15) is 0 Å². The lowest BCUT2D eigenvalue weighted by Gasteiger charge is -2.25. The van der Waals surface area contributed by atoms with Gasteiger partial charge >= 0.3 is 0 Å². The highest BCUT2D eigenvalue weighted by atomic mass is 14.9. The standard InChI is InChI=1S/C9H11N5/c10-8-1-2-9(11,5-14-8)7-3-12-6-13-4-7/h1,3-6H,2,10-11H2. The normalized spacial score (nSPS) is 25.9. The minimum Gasteiger partial charge on any atom is -0.384 e. The predicted octanol–water partition coefficient (Wildman–Crippen LogP) is -0.0948. The molecule has 0 fully saturated rings. The van der Waals surface area contributed by atoms with Crippen LogP contribution in [0.25, 0.3) is 0 Å². The van der Waals surface area contributed by atoms with Crippen molar-refractivity contribution in [1.29, 1.82) is 0 Å². The van der Waals surface area contributed by atoms with Gasteiger partial charge in [-0.25, -0.2) is 15.0 Å². The van der Waals surface area contributed by atoms with Gasteiger partial charge in [0.2, 0.25) is 0 Å². The fourth-order valence-corrected chi connectivity index (χ4v) is 1.30. The lowest BCUT2D eigenvalue weighted by molar-refractivity contribution is 0.607. The van der Waals surface area contributed by atoms with Crippen molar-refractivity contribution >= 4 is 6.21 Å². The van der Waals surface area contributed by atoms with Crippen LogP contribution in [0.5, 0.6) is 0 Å². The minimum absolute atomic E-state index is 0.503. The van der Waals surface area contributed by atoms with Crippen molar-refractivity contribution in [3.8, 4) is 0 Å². The van der Waals surface area contributed by atoms with Gasteiger partial charge in [-0.1, -0.05) is 0 Å². The molecule has 1 aromatic heterocycles. The topological polar surface area (TPSA) is 90.2 Å². The van der Waals surface area contributed by atoms with Crippen LogP contribution in [0.15, 0.2) is 35.6 Å². The van der Waals surface area contributed by atoms with Crippen LogP contribution < -0.4 is 11.5 Å². The van der Waals surface area contributed by atoms with Crippen molar-refractivity contribution in [1.82, 2.24) is 9.97 Å². The first-order valence-corrected chi connectivity index (χ1v) is 4.26. The van der Waals surface area contributed by atoms with E-state index in [-0.39, 0.29) is 0 Å². The van der Waals surface area contributed by atoms with Gasteiger partial charge in [0.05, 0.1) is 5.54 Å². The number of rotatable bonds is 1. The summed E-state index contributed by atoms with van der Waals surface area (Å²) in [7, 11) is 0. The van der Waals surface area contributed by atoms with Crippen LogP contribution >= 0.6 is 0 Å². The summed E-state index contributed by atoms with van der Waals surface area (Å²) in [5, 5.41) is 0. The summed E-state index contributed by atoms with van der Waals surface area (Å²) >= 11 is 0. The molecule has 0 amide bonds. The van der Waals surface area contributed by atoms with Crippen LogP contribution in [-0.2, 0) is 5.54 Å². The van der Waals surface area contributed by atoms with E-state index in [1.165, 1.54) is 6.33 Å². The Morgan fingerprint density at radius 1 is 1.29 bits per heavy atom. The SMILES string of the molecule is NC1=CCC(N)(c2cncnc2)C=N1. The highest BCUT2D eigenvalue weighted by Crippen LogP contribution is 2.22. The van der Waals surface area contributed by atoms with Crippen LogP contribution in [0.1, 0.15) is 12.0 Å². The molecule has 1 aliphatic rings. The van der Waals surface area contributed by atoms with E-state index in [1.807, 2.05) is 0 Å². The smallest absolute Gasteiger partial charge is 0.119 e. The Labute approximate surface area is 81.6 Å². The van der Waals surface area contributed by atoms with E-state index in [2.05, 4.69) is 15.0 Å². The number of nitrogens with two attached hydrogens (primary N) is 2. The van der Waals surface area contributed by atoms with E-state index in [4.69, 9.17) is 11.5 Å². The molecule has 0 spiro atoms. The molecular weight excluding hydrogens is 178 g/mol. The van der Waals surface area contributed by atoms with E-state index in [0.29, 0.717) is 12.2 Å². The Morgan fingerprint density at radius 3 is 2.57 bits per heavy atom. The van der Waals surface area contributed by atoms with Crippen LogP contribution in [0, 0.1) is 0 Å². The third-order valence-electron chi connectivity index (χ3n) is 2.19. The van der Waals surface area contributed by atoms with Crippen molar-refractivity contribution in [3.63, 3.8) is 0 Å². The Morgan fingerprint density at radius 2 is 2.00 bits per heavy atom. The Bertz CT molecular complexity index is 383. The molecule has 0 saturated carbocycles. The molecule has 14 heavy (non-hydrogen) atoms. The molecule has 2 rings (SSSR count). The number of hydrogen-bond acceptors (Lipinski definition) is 5. The molecular formula is C9H11N5. The molecule has 4 N–H and O–H groups in total. The zero-order valence-electron chi connectivity index (χ0n) is 7.59. The molecule has 72 valence electrons. The van der Waals surface area contributed by atoms with Gasteiger partial charge < -0.3 is 11.5 Å². The predicted molar refractivity (Wildman–Crippen MR) is 53.3 cm³/mol. The first kappa shape index (κ1) is 8.83. The largest absolute Gasteiger partial charge is 0.384 e. The maximum Gasteiger partial charge on any atom is 0.119 e. The van der Waals surface area contributed by atoms with Gasteiger partial charge in [0, 0.05) is 24.2 Å². The number of hydrogen-bond donors (Lipinski definition) is 2. The number of aliphatic imine (C=N–C) groups is 1. The lowest BCUT2D eigenvalue weighted by Crippen LogP contribution is -2.39. The van der Waals surface area contributed by atoms with E-state index in [1.54, 1.807) is 24.7 Å². The third kappa shape index (κ3) is 1.49. The Balaban J connectivity index is 2.32. The zero-order chi connectivity index (χ0) is 10.0. The van der Waals surface area contributed by atoms with Gasteiger partial charge in [-0.2, -0.15) is 0 Å². The van der Waals surface area contributed by atoms with Gasteiger partial charge in [-0.3, -0.25) is 0 Å². The molecule has 5 nitrogen and oxygen atoms in total. The van der Waals surface area contributed by atoms with Gasteiger partial charge in [-0.05, 0) is 12.5 Å². The summed E-state index contributed by atoms with van der Waals surface area (Å²) in [5.74, 6) is 0.503. The summed E-state index contributed by atoms with van der Waals surface area (Å²) in [5.41, 5.74) is 11.8. The molecule has 1 aliphatic heterocycles. The summed E-state index contributed by atoms with van der Waals surface area (Å²) < 4.78 is 0. The average Bonchev–Trinajstić information content (AvgIpc) is 2.24. The molecule has 0 aromatic carbocycles. The van der Waals surface area contributed by atoms with E-state index in [0.717, 1.165) is 5.56 Å². The van der Waals surface area contributed by atoms with Crippen molar-refractivity contribution in [2.24, 2.45) is 16.5 Å². The van der Waals surface area contributed by atoms with Crippen LogP contribution in [-0.4, -0.2) is 16.2 Å². The van der Waals surface area contributed by atoms with Gasteiger partial charge in [0.15, 0.2) is 0 Å². The fraction of sp³-hybridized carbons (Fsp3) is 0.222. The van der Waals surface area contributed by atoms with Crippen molar-refractivity contribution in [2.75, 3.05) is 0 Å². The maximum absolute atomic E-state index is 6.11. The molecule has 1 atom stereocenters. The van der Waals surface area contributed by atoms with Gasteiger partial charge in [0.25, 0.3) is 0 Å². The molecule has 5 heteroatoms. The Hall–Kier alpha value is -1.75. The molecule has 2 heterocycles. The number of nitrogens with zero attached hydrogens (tertiary/aromatic N) is 3. The third-order valence-corrected chi connectivity index (χ3v) is 2.19. The quantitative estimate of drug-likeness (QED) is 0.645. The van der Waals surface area contributed by atoms with Crippen molar-refractivity contribution < 1.29 is 0 Å². The second kappa shape index (κ2) is 3.19. The van der Waals surface area contributed by atoms with Crippen LogP contribution in [0.4, 0.5) is 0 Å². The average molecular weight is 189 g/mol. The van der Waals surface area contributed by atoms with Crippen molar-refractivity contribution in [3.05, 3.63) is 36.2 Å². The summed E-state index contributed by atoms with van der Waals surface area (Å²) in [6, 6.07) is 0. The number of aromatic nitrogens is 2. The minimum atomic E-state index is -0.621. The Kier molecular flexibility index (Phi) is 2.01. The first-order valence-electron chi connectivity index (χ1n) is 4.26. The second-order valence-corrected chi connectivity index (χ2v) is 3.26. The summed E-state index contributed by atoms with van der Waals surface area (Å²) in [4.78, 5) is 11.8. The van der Waals surface area contributed by atoms with Crippen LogP contribution in [0.2, 0.25) is 0 Å². The van der Waals surface area contributed by atoms with E-state index >= 15 is 0 Å². The van der Waals surface area contributed by atoms with Crippen molar-refractivity contribution in [2.45, 2.75) is 12.0 Å². The maximum atomic E-state index is 6.11. The monoisotopic (exact) mass is 189 g/mol. The fourth-order valence-electron chi connectivity index (χ4n) is 1.30. The molecule has 0 radical (unpaired) electrons. The molecule has 0 bridgehead atoms. The molecule has 0 aliphatic carbocycles. The highest BCUT2D eigenvalue weighted by molar-refractivity contribution is 5.74. The summed E-state index contributed by atoms with van der Waals surface area (Å²) in [6.45, 7) is 0. The second-order valence-electron chi connectivity index (χ2n) is 3.26. The molecule has 1 aromatic rings. The van der Waals surface area contributed by atoms with Gasteiger partial charge in [0.1, 0.15) is 12.1 Å². The van der Waals surface area contributed by atoms with Crippen LogP contribution in [0.3, 0.4) is 0 Å². The summed E-state index contributed by atoms with van der Waals surface area (Å²) in [6.07, 6.45) is 8.91. The lowest BCUT2D eigenvalue weighted by atomic mass is 9.89. The molecule has 1 unspecified atom stereocenters. The van der Waals surface area contributed by atoms with E-state index < -0.39 is 5.54 Å². The zero-order valence-corrected chi connectivity index (χ0v) is 7.59. The van der Waals surface area contributed by atoms with Gasteiger partial charge in [-0.15, -0.1) is 0 Å². The highest BCUT2D eigenvalue weighted by Gasteiger charge is 2.26. The molecule has 0 saturated heterocycles.